The van der Waals surface area contributed by atoms with Crippen molar-refractivity contribution in [2.75, 3.05) is 0 Å². The maximum absolute atomic E-state index is 9.44. The van der Waals surface area contributed by atoms with Crippen LogP contribution in [-0.2, 0) is 12.8 Å². The quantitative estimate of drug-likeness (QED) is 0.312. The Morgan fingerprint density at radius 1 is 1.00 bits per heavy atom. The van der Waals surface area contributed by atoms with Crippen molar-refractivity contribution in [1.82, 2.24) is 0 Å². The molecule has 0 heterocycles. The minimum Gasteiger partial charge on any atom is -0.534 e. The topological polar surface area (TPSA) is 33.0 Å². The van der Waals surface area contributed by atoms with Gasteiger partial charge in [-0.25, -0.2) is 0 Å². The molecule has 0 amide bonds. The van der Waals surface area contributed by atoms with Crippen molar-refractivity contribution in [3.63, 3.8) is 0 Å². The van der Waals surface area contributed by atoms with Crippen LogP contribution >= 0.6 is 0 Å². The zero-order valence-corrected chi connectivity index (χ0v) is 21.0. The molecule has 2 nitrogen and oxygen atoms in total. The van der Waals surface area contributed by atoms with Gasteiger partial charge in [-0.3, -0.25) is 0 Å². The second-order valence-electron chi connectivity index (χ2n) is 9.97. The molecule has 0 bridgehead atoms. The van der Waals surface area contributed by atoms with E-state index in [0.717, 1.165) is 25.0 Å². The Balaban J connectivity index is 1.96. The van der Waals surface area contributed by atoms with Gasteiger partial charge in [-0.1, -0.05) is 93.6 Å². The van der Waals surface area contributed by atoms with E-state index in [1.807, 2.05) is 6.08 Å². The lowest BCUT2D eigenvalue weighted by molar-refractivity contribution is 0.502. The van der Waals surface area contributed by atoms with Gasteiger partial charge in [0.25, 0.3) is 0 Å². The summed E-state index contributed by atoms with van der Waals surface area (Å²) in [5.41, 5.74) is 3.90. The summed E-state index contributed by atoms with van der Waals surface area (Å²) in [5, 5.41) is 11.9. The number of nitriles is 1. The van der Waals surface area contributed by atoms with E-state index in [2.05, 4.69) is 106 Å². The van der Waals surface area contributed by atoms with Crippen molar-refractivity contribution in [2.24, 2.45) is 0 Å². The lowest BCUT2D eigenvalue weighted by atomic mass is 9.91. The highest BCUT2D eigenvalue weighted by atomic mass is 28.4. The summed E-state index contributed by atoms with van der Waals surface area (Å²) < 4.78 is 7.38. The van der Waals surface area contributed by atoms with Crippen LogP contribution in [0, 0.1) is 11.3 Å². The third kappa shape index (κ3) is 4.16. The summed E-state index contributed by atoms with van der Waals surface area (Å²) >= 11 is 0. The van der Waals surface area contributed by atoms with Crippen LogP contribution in [0.3, 0.4) is 0 Å². The van der Waals surface area contributed by atoms with E-state index >= 15 is 0 Å². The second kappa shape index (κ2) is 9.41. The van der Waals surface area contributed by atoms with Crippen molar-refractivity contribution in [2.45, 2.75) is 57.4 Å². The van der Waals surface area contributed by atoms with Crippen molar-refractivity contribution < 1.29 is 4.43 Å². The van der Waals surface area contributed by atoms with Crippen LogP contribution in [0.15, 0.2) is 85.5 Å². The number of allylic oxidation sites excluding steroid dienone is 1. The van der Waals surface area contributed by atoms with Gasteiger partial charge in [-0.2, -0.15) is 5.26 Å². The molecule has 0 saturated carbocycles. The van der Waals surface area contributed by atoms with Crippen molar-refractivity contribution in [1.29, 1.82) is 5.26 Å². The van der Waals surface area contributed by atoms with Crippen molar-refractivity contribution in [3.8, 4) is 11.8 Å². The van der Waals surface area contributed by atoms with E-state index in [1.54, 1.807) is 0 Å². The van der Waals surface area contributed by atoms with Crippen molar-refractivity contribution in [3.05, 3.63) is 102 Å². The first-order valence-corrected chi connectivity index (χ1v) is 13.8. The van der Waals surface area contributed by atoms with Gasteiger partial charge in [0.2, 0.25) is 0 Å². The van der Waals surface area contributed by atoms with E-state index in [0.29, 0.717) is 6.42 Å². The lowest BCUT2D eigenvalue weighted by Crippen LogP contribution is -2.68. The fraction of sp³-hybridized carbons (Fsp3) is 0.300. The maximum Gasteiger partial charge on any atom is 0.319 e. The molecular formula is C30H33NOSi. The smallest absolute Gasteiger partial charge is 0.319 e. The van der Waals surface area contributed by atoms with Gasteiger partial charge in [-0.05, 0) is 57.8 Å². The molecule has 168 valence electrons. The predicted octanol–water partition coefficient (Wildman–Crippen LogP) is 6.30. The molecule has 0 N–H and O–H groups in total. The zero-order valence-electron chi connectivity index (χ0n) is 20.0. The van der Waals surface area contributed by atoms with E-state index in [1.165, 1.54) is 27.1 Å². The van der Waals surface area contributed by atoms with Gasteiger partial charge in [0.1, 0.15) is 5.75 Å². The molecule has 1 aliphatic carbocycles. The van der Waals surface area contributed by atoms with Crippen LogP contribution in [-0.4, -0.2) is 8.32 Å². The highest BCUT2D eigenvalue weighted by molar-refractivity contribution is 7.00. The SMILES string of the molecule is C=CCc1c(O[Si](c2ccccc2)(c2ccccc2)C(C)(C)C)ccc2c1[C@H](CC#N)CC2. The average molecular weight is 452 g/mol. The molecule has 33 heavy (non-hydrogen) atoms. The summed E-state index contributed by atoms with van der Waals surface area (Å²) in [5.74, 6) is 1.23. The Kier molecular flexibility index (Phi) is 6.58. The summed E-state index contributed by atoms with van der Waals surface area (Å²) in [6, 6.07) is 28.3. The van der Waals surface area contributed by atoms with Gasteiger partial charge in [0.15, 0.2) is 0 Å². The lowest BCUT2D eigenvalue weighted by Gasteiger charge is -2.43. The number of hydrogen-bond donors (Lipinski definition) is 0. The number of rotatable bonds is 7. The Labute approximate surface area is 199 Å². The molecule has 0 spiro atoms. The standard InChI is InChI=1S/C30H33NOSi/c1-5-12-27-28(20-19-23-17-18-24(21-22-31)29(23)27)32-33(30(2,3)4,25-13-8-6-9-14-25)26-15-10-7-11-16-26/h5-11,13-16,19-20,24H,1,12,17-18,21H2,2-4H3/t24-/m0/s1. The highest BCUT2D eigenvalue weighted by Gasteiger charge is 2.52. The number of hydrogen-bond acceptors (Lipinski definition) is 2. The van der Waals surface area contributed by atoms with Crippen LogP contribution in [0.5, 0.6) is 5.75 Å². The van der Waals surface area contributed by atoms with Gasteiger partial charge in [-0.15, -0.1) is 6.58 Å². The molecule has 3 heteroatoms. The number of aryl methyl sites for hydroxylation is 1. The largest absolute Gasteiger partial charge is 0.534 e. The van der Waals surface area contributed by atoms with Crippen LogP contribution in [0.25, 0.3) is 0 Å². The Bertz CT molecular complexity index is 1120. The van der Waals surface area contributed by atoms with Gasteiger partial charge in [0.05, 0.1) is 6.07 Å². The summed E-state index contributed by atoms with van der Waals surface area (Å²) in [6.07, 6.45) is 5.34. The van der Waals surface area contributed by atoms with Crippen LogP contribution in [0.2, 0.25) is 5.04 Å². The van der Waals surface area contributed by atoms with Crippen molar-refractivity contribution >= 4 is 18.7 Å². The monoisotopic (exact) mass is 451 g/mol. The minimum absolute atomic E-state index is 0.105. The first kappa shape index (κ1) is 23.1. The van der Waals surface area contributed by atoms with Crippen LogP contribution in [0.4, 0.5) is 0 Å². The summed E-state index contributed by atoms with van der Waals surface area (Å²) in [6.45, 7) is 11.0. The third-order valence-electron chi connectivity index (χ3n) is 6.94. The van der Waals surface area contributed by atoms with Crippen LogP contribution in [0.1, 0.15) is 56.2 Å². The second-order valence-corrected chi connectivity index (χ2v) is 14.2. The Morgan fingerprint density at radius 3 is 2.12 bits per heavy atom. The molecule has 0 aromatic heterocycles. The van der Waals surface area contributed by atoms with E-state index in [9.17, 15) is 5.26 Å². The third-order valence-corrected chi connectivity index (χ3v) is 11.9. The number of nitrogens with zero attached hydrogens (tertiary/aromatic N) is 1. The molecular weight excluding hydrogens is 418 g/mol. The molecule has 3 aromatic carbocycles. The van der Waals surface area contributed by atoms with E-state index in [-0.39, 0.29) is 11.0 Å². The molecule has 1 atom stereocenters. The van der Waals surface area contributed by atoms with Gasteiger partial charge in [0, 0.05) is 12.0 Å². The fourth-order valence-corrected chi connectivity index (χ4v) is 9.93. The zero-order chi connectivity index (χ0) is 23.5. The Morgan fingerprint density at radius 2 is 1.61 bits per heavy atom. The molecule has 0 saturated heterocycles. The normalized spacial score (nSPS) is 15.5. The minimum atomic E-state index is -2.72. The average Bonchev–Trinajstić information content (AvgIpc) is 3.22. The molecule has 0 fully saturated rings. The first-order valence-electron chi connectivity index (χ1n) is 11.8. The maximum atomic E-state index is 9.44. The molecule has 0 radical (unpaired) electrons. The van der Waals surface area contributed by atoms with Crippen LogP contribution < -0.4 is 14.8 Å². The molecule has 4 rings (SSSR count). The van der Waals surface area contributed by atoms with E-state index < -0.39 is 8.32 Å². The molecule has 1 aliphatic rings. The van der Waals surface area contributed by atoms with Gasteiger partial charge < -0.3 is 4.43 Å². The predicted molar refractivity (Wildman–Crippen MR) is 140 cm³/mol. The summed E-state index contributed by atoms with van der Waals surface area (Å²) in [7, 11) is -2.72. The molecule has 3 aromatic rings. The highest BCUT2D eigenvalue weighted by Crippen LogP contribution is 2.44. The van der Waals surface area contributed by atoms with Gasteiger partial charge >= 0.3 is 8.32 Å². The summed E-state index contributed by atoms with van der Waals surface area (Å²) in [4.78, 5) is 0. The molecule has 0 aliphatic heterocycles. The molecule has 0 unspecified atom stereocenters. The fourth-order valence-electron chi connectivity index (χ4n) is 5.47. The first-order chi connectivity index (χ1) is 15.9. The number of benzene rings is 3. The van der Waals surface area contributed by atoms with E-state index in [4.69, 9.17) is 4.43 Å². The Hall–Kier alpha value is -3.09. The number of fused-ring (bicyclic) bond motifs is 1.